The van der Waals surface area contributed by atoms with Crippen molar-refractivity contribution in [2.24, 2.45) is 0 Å². The average molecular weight is 192 g/mol. The van der Waals surface area contributed by atoms with Gasteiger partial charge < -0.3 is 30.0 Å². The molecule has 6 heteroatoms. The zero-order valence-electron chi connectivity index (χ0n) is 6.78. The molecule has 0 aromatic rings. The van der Waals surface area contributed by atoms with Gasteiger partial charge in [-0.3, -0.25) is 0 Å². The highest BCUT2D eigenvalue weighted by Gasteiger charge is 2.29. The van der Waals surface area contributed by atoms with Crippen molar-refractivity contribution < 1.29 is 30.0 Å². The van der Waals surface area contributed by atoms with Crippen LogP contribution in [0, 0.1) is 0 Å². The van der Waals surface area contributed by atoms with Crippen molar-refractivity contribution in [1.82, 2.24) is 0 Å². The van der Waals surface area contributed by atoms with Crippen LogP contribution in [0.25, 0.3) is 0 Å². The van der Waals surface area contributed by atoms with Gasteiger partial charge in [-0.05, 0) is 0 Å². The van der Waals surface area contributed by atoms with Crippen molar-refractivity contribution >= 4 is 12.6 Å². The Morgan fingerprint density at radius 1 is 1.00 bits per heavy atom. The van der Waals surface area contributed by atoms with Crippen LogP contribution in [0.1, 0.15) is 6.42 Å². The van der Waals surface area contributed by atoms with E-state index >= 15 is 0 Å². The predicted molar refractivity (Wildman–Crippen MR) is 40.8 cm³/mol. The summed E-state index contributed by atoms with van der Waals surface area (Å²) >= 11 is 0. The quantitative estimate of drug-likeness (QED) is 0.338. The van der Waals surface area contributed by atoms with E-state index in [9.17, 15) is 9.59 Å². The van der Waals surface area contributed by atoms with Gasteiger partial charge in [-0.15, -0.1) is 0 Å². The normalized spacial score (nSPS) is 20.0. The van der Waals surface area contributed by atoms with Crippen molar-refractivity contribution in [3.63, 3.8) is 0 Å². The fraction of sp³-hybridized carbons (Fsp3) is 0.714. The first-order valence-corrected chi connectivity index (χ1v) is 3.65. The number of aldehydes is 2. The fourth-order valence-corrected chi connectivity index (χ4v) is 0.748. The van der Waals surface area contributed by atoms with E-state index in [0.717, 1.165) is 0 Å². The number of rotatable bonds is 6. The second-order valence-corrected chi connectivity index (χ2v) is 2.58. The molecule has 0 aliphatic heterocycles. The van der Waals surface area contributed by atoms with Gasteiger partial charge in [0.15, 0.2) is 6.29 Å². The molecule has 0 aliphatic rings. The van der Waals surface area contributed by atoms with E-state index in [4.69, 9.17) is 20.4 Å². The molecule has 13 heavy (non-hydrogen) atoms. The van der Waals surface area contributed by atoms with Crippen molar-refractivity contribution in [2.75, 3.05) is 0 Å². The Balaban J connectivity index is 4.14. The Morgan fingerprint density at radius 2 is 1.54 bits per heavy atom. The molecule has 0 saturated carbocycles. The zero-order chi connectivity index (χ0) is 10.4. The molecule has 0 spiro atoms. The first-order chi connectivity index (χ1) is 6.04. The summed E-state index contributed by atoms with van der Waals surface area (Å²) in [5.74, 6) is 0. The number of hydrogen-bond donors (Lipinski definition) is 4. The van der Waals surface area contributed by atoms with Gasteiger partial charge in [-0.25, -0.2) is 0 Å². The van der Waals surface area contributed by atoms with Gasteiger partial charge >= 0.3 is 0 Å². The van der Waals surface area contributed by atoms with Crippen LogP contribution in [0.3, 0.4) is 0 Å². The lowest BCUT2D eigenvalue weighted by Gasteiger charge is -2.22. The third-order valence-corrected chi connectivity index (χ3v) is 1.57. The molecule has 0 heterocycles. The van der Waals surface area contributed by atoms with Crippen LogP contribution in [0.15, 0.2) is 0 Å². The minimum Gasteiger partial charge on any atom is -0.390 e. The third-order valence-electron chi connectivity index (χ3n) is 1.57. The number of carbonyl (C=O) groups is 2. The lowest BCUT2D eigenvalue weighted by Crippen LogP contribution is -2.45. The lowest BCUT2D eigenvalue weighted by molar-refractivity contribution is -0.135. The van der Waals surface area contributed by atoms with Crippen molar-refractivity contribution in [2.45, 2.75) is 30.8 Å². The van der Waals surface area contributed by atoms with Gasteiger partial charge in [-0.1, -0.05) is 0 Å². The van der Waals surface area contributed by atoms with Crippen LogP contribution >= 0.6 is 0 Å². The maximum atomic E-state index is 9.96. The molecule has 4 N–H and O–H groups in total. The molecule has 0 bridgehead atoms. The van der Waals surface area contributed by atoms with Crippen LogP contribution in [-0.4, -0.2) is 57.4 Å². The van der Waals surface area contributed by atoms with Gasteiger partial charge in [0.1, 0.15) is 24.6 Å². The van der Waals surface area contributed by atoms with Crippen LogP contribution in [0.5, 0.6) is 0 Å². The maximum Gasteiger partial charge on any atom is 0.151 e. The van der Waals surface area contributed by atoms with Crippen LogP contribution < -0.4 is 0 Å². The highest BCUT2D eigenvalue weighted by molar-refractivity contribution is 5.57. The average Bonchev–Trinajstić information content (AvgIpc) is 2.14. The predicted octanol–water partition coefficient (Wildman–Crippen LogP) is -2.78. The lowest BCUT2D eigenvalue weighted by atomic mass is 10.0. The van der Waals surface area contributed by atoms with Crippen molar-refractivity contribution in [3.8, 4) is 0 Å². The summed E-state index contributed by atoms with van der Waals surface area (Å²) in [6.45, 7) is 0. The fourth-order valence-electron chi connectivity index (χ4n) is 0.748. The molecule has 0 rings (SSSR count). The number of carbonyl (C=O) groups excluding carboxylic acids is 2. The molecular formula is C7H12O6. The van der Waals surface area contributed by atoms with E-state index < -0.39 is 24.4 Å². The minimum absolute atomic E-state index is 0.0293. The summed E-state index contributed by atoms with van der Waals surface area (Å²) in [6.07, 6.45) is -6.74. The SMILES string of the molecule is O=CCC(O)C(O)C(O)C(O)C=O. The first-order valence-electron chi connectivity index (χ1n) is 3.65. The van der Waals surface area contributed by atoms with Crippen LogP contribution in [0.4, 0.5) is 0 Å². The molecule has 6 nitrogen and oxygen atoms in total. The third kappa shape index (κ3) is 3.60. The Labute approximate surface area is 74.4 Å². The number of hydrogen-bond acceptors (Lipinski definition) is 6. The summed E-state index contributed by atoms with van der Waals surface area (Å²) in [6, 6.07) is 0. The largest absolute Gasteiger partial charge is 0.390 e. The topological polar surface area (TPSA) is 115 Å². The van der Waals surface area contributed by atoms with Crippen molar-refractivity contribution in [3.05, 3.63) is 0 Å². The van der Waals surface area contributed by atoms with Crippen LogP contribution in [0.2, 0.25) is 0 Å². The second kappa shape index (κ2) is 5.76. The molecule has 0 aromatic carbocycles. The molecule has 0 fully saturated rings. The Bertz CT molecular complexity index is 170. The zero-order valence-corrected chi connectivity index (χ0v) is 6.78. The summed E-state index contributed by atoms with van der Waals surface area (Å²) in [4.78, 5) is 19.9. The summed E-state index contributed by atoms with van der Waals surface area (Å²) in [5, 5.41) is 35.7. The van der Waals surface area contributed by atoms with E-state index in [1.165, 1.54) is 0 Å². The number of aliphatic hydroxyl groups excluding tert-OH is 4. The minimum atomic E-state index is -1.78. The monoisotopic (exact) mass is 192 g/mol. The van der Waals surface area contributed by atoms with E-state index in [0.29, 0.717) is 6.29 Å². The summed E-state index contributed by atoms with van der Waals surface area (Å²) in [7, 11) is 0. The molecule has 4 atom stereocenters. The van der Waals surface area contributed by atoms with Gasteiger partial charge in [-0.2, -0.15) is 0 Å². The summed E-state index contributed by atoms with van der Waals surface area (Å²) < 4.78 is 0. The van der Waals surface area contributed by atoms with Crippen molar-refractivity contribution in [1.29, 1.82) is 0 Å². The molecule has 76 valence electrons. The molecular weight excluding hydrogens is 180 g/mol. The van der Waals surface area contributed by atoms with Crippen LogP contribution in [-0.2, 0) is 9.59 Å². The van der Waals surface area contributed by atoms with Gasteiger partial charge in [0, 0.05) is 6.42 Å². The standard InChI is InChI=1S/C7H12O6/c8-2-1-4(10)6(12)7(13)5(11)3-9/h2-7,10-13H,1H2. The second-order valence-electron chi connectivity index (χ2n) is 2.58. The molecule has 0 radical (unpaired) electrons. The van der Waals surface area contributed by atoms with Gasteiger partial charge in [0.2, 0.25) is 0 Å². The Hall–Kier alpha value is -0.820. The van der Waals surface area contributed by atoms with E-state index in [2.05, 4.69) is 0 Å². The number of aliphatic hydroxyl groups is 4. The Morgan fingerprint density at radius 3 is 1.92 bits per heavy atom. The molecule has 0 amide bonds. The molecule has 4 unspecified atom stereocenters. The van der Waals surface area contributed by atoms with Gasteiger partial charge in [0.05, 0.1) is 6.10 Å². The molecule has 0 saturated heterocycles. The maximum absolute atomic E-state index is 9.96. The van der Waals surface area contributed by atoms with E-state index in [1.807, 2.05) is 0 Å². The molecule has 0 aromatic heterocycles. The highest BCUT2D eigenvalue weighted by atomic mass is 16.4. The smallest absolute Gasteiger partial charge is 0.151 e. The summed E-state index contributed by atoms with van der Waals surface area (Å²) in [5.41, 5.74) is 0. The van der Waals surface area contributed by atoms with Gasteiger partial charge in [0.25, 0.3) is 0 Å². The molecule has 0 aliphatic carbocycles. The van der Waals surface area contributed by atoms with E-state index in [-0.39, 0.29) is 12.7 Å². The highest BCUT2D eigenvalue weighted by Crippen LogP contribution is 2.05. The van der Waals surface area contributed by atoms with E-state index in [1.54, 1.807) is 0 Å². The first kappa shape index (κ1) is 12.2. The Kier molecular flexibility index (Phi) is 5.40.